The van der Waals surface area contributed by atoms with Crippen molar-refractivity contribution in [2.75, 3.05) is 19.6 Å². The fourth-order valence-corrected chi connectivity index (χ4v) is 4.38. The van der Waals surface area contributed by atoms with Crippen LogP contribution in [0.3, 0.4) is 0 Å². The van der Waals surface area contributed by atoms with E-state index in [1.54, 1.807) is 0 Å². The Labute approximate surface area is 114 Å². The summed E-state index contributed by atoms with van der Waals surface area (Å²) >= 11 is 1.84. The van der Waals surface area contributed by atoms with E-state index in [2.05, 4.69) is 27.9 Å². The van der Waals surface area contributed by atoms with Gasteiger partial charge in [-0.1, -0.05) is 12.8 Å². The molecule has 1 aliphatic heterocycles. The van der Waals surface area contributed by atoms with E-state index in [4.69, 9.17) is 0 Å². The monoisotopic (exact) mass is 264 g/mol. The number of hydrogen-bond donors (Lipinski definition) is 1. The lowest BCUT2D eigenvalue weighted by Gasteiger charge is -2.33. The lowest BCUT2D eigenvalue weighted by Crippen LogP contribution is -2.49. The number of nitrogens with zero attached hydrogens (tertiary/aromatic N) is 1. The first-order valence-corrected chi connectivity index (χ1v) is 8.21. The summed E-state index contributed by atoms with van der Waals surface area (Å²) in [7, 11) is 0. The minimum absolute atomic E-state index is 0.445. The van der Waals surface area contributed by atoms with Crippen LogP contribution in [0.2, 0.25) is 0 Å². The molecule has 0 radical (unpaired) electrons. The Balaban J connectivity index is 1.69. The Hall–Kier alpha value is -0.380. The first-order chi connectivity index (χ1) is 8.77. The molecule has 0 amide bonds. The average Bonchev–Trinajstić information content (AvgIpc) is 2.90. The maximum absolute atomic E-state index is 3.84. The number of hydrogen-bond acceptors (Lipinski definition) is 3. The molecule has 3 heteroatoms. The van der Waals surface area contributed by atoms with Gasteiger partial charge in [-0.3, -0.25) is 4.90 Å². The van der Waals surface area contributed by atoms with E-state index >= 15 is 0 Å². The van der Waals surface area contributed by atoms with Crippen LogP contribution in [0.15, 0.2) is 10.8 Å². The summed E-state index contributed by atoms with van der Waals surface area (Å²) in [4.78, 5) is 2.68. The molecule has 100 valence electrons. The minimum Gasteiger partial charge on any atom is -0.310 e. The standard InChI is InChI=1S/C15H24N2S/c1-13-10-18-11-14(13)9-17-8-4-7-16-15(12-17)5-2-3-6-15/h10-11,16H,2-9,12H2,1H3. The maximum atomic E-state index is 3.84. The highest BCUT2D eigenvalue weighted by atomic mass is 32.1. The van der Waals surface area contributed by atoms with Gasteiger partial charge in [0.15, 0.2) is 0 Å². The largest absolute Gasteiger partial charge is 0.310 e. The highest BCUT2D eigenvalue weighted by Crippen LogP contribution is 2.32. The summed E-state index contributed by atoms with van der Waals surface area (Å²) in [6, 6.07) is 0. The molecule has 1 aromatic heterocycles. The zero-order valence-electron chi connectivity index (χ0n) is 11.4. The Morgan fingerprint density at radius 3 is 2.83 bits per heavy atom. The predicted molar refractivity (Wildman–Crippen MR) is 78.2 cm³/mol. The van der Waals surface area contributed by atoms with Gasteiger partial charge < -0.3 is 5.32 Å². The lowest BCUT2D eigenvalue weighted by molar-refractivity contribution is 0.203. The summed E-state index contributed by atoms with van der Waals surface area (Å²) in [6.45, 7) is 7.11. The van der Waals surface area contributed by atoms with Crippen LogP contribution in [0.1, 0.15) is 43.2 Å². The number of rotatable bonds is 2. The molecule has 0 bridgehead atoms. The van der Waals surface area contributed by atoms with Crippen molar-refractivity contribution in [3.05, 3.63) is 21.9 Å². The number of thiophene rings is 1. The molecule has 1 spiro atoms. The molecule has 0 unspecified atom stereocenters. The molecular formula is C15H24N2S. The van der Waals surface area contributed by atoms with Crippen molar-refractivity contribution >= 4 is 11.3 Å². The smallest absolute Gasteiger partial charge is 0.0308 e. The van der Waals surface area contributed by atoms with Crippen LogP contribution in [0.5, 0.6) is 0 Å². The van der Waals surface area contributed by atoms with Gasteiger partial charge in [0.05, 0.1) is 0 Å². The summed E-state index contributed by atoms with van der Waals surface area (Å²) in [5.41, 5.74) is 3.45. The Kier molecular flexibility index (Phi) is 3.73. The lowest BCUT2D eigenvalue weighted by atomic mass is 9.97. The second-order valence-electron chi connectivity index (χ2n) is 6.06. The van der Waals surface area contributed by atoms with Crippen LogP contribution < -0.4 is 5.32 Å². The van der Waals surface area contributed by atoms with Crippen molar-refractivity contribution in [2.24, 2.45) is 0 Å². The molecule has 1 N–H and O–H groups in total. The van der Waals surface area contributed by atoms with Gasteiger partial charge in [0.2, 0.25) is 0 Å². The van der Waals surface area contributed by atoms with Gasteiger partial charge in [-0.25, -0.2) is 0 Å². The van der Waals surface area contributed by atoms with E-state index in [9.17, 15) is 0 Å². The summed E-state index contributed by atoms with van der Waals surface area (Å²) in [6.07, 6.45) is 6.89. The van der Waals surface area contributed by atoms with Gasteiger partial charge in [0.1, 0.15) is 0 Å². The van der Waals surface area contributed by atoms with Crippen molar-refractivity contribution in [3.8, 4) is 0 Å². The fraction of sp³-hybridized carbons (Fsp3) is 0.733. The van der Waals surface area contributed by atoms with Gasteiger partial charge in [-0.2, -0.15) is 11.3 Å². The SMILES string of the molecule is Cc1cscc1CN1CCCNC2(CCCC2)C1. The van der Waals surface area contributed by atoms with E-state index in [0.717, 1.165) is 6.54 Å². The number of nitrogens with one attached hydrogen (secondary N) is 1. The second-order valence-corrected chi connectivity index (χ2v) is 6.80. The third-order valence-electron chi connectivity index (χ3n) is 4.59. The topological polar surface area (TPSA) is 15.3 Å². The molecule has 1 saturated carbocycles. The first-order valence-electron chi connectivity index (χ1n) is 7.27. The van der Waals surface area contributed by atoms with E-state index in [0.29, 0.717) is 5.54 Å². The highest BCUT2D eigenvalue weighted by molar-refractivity contribution is 7.08. The van der Waals surface area contributed by atoms with Gasteiger partial charge in [0.25, 0.3) is 0 Å². The fourth-order valence-electron chi connectivity index (χ4n) is 3.53. The summed E-state index contributed by atoms with van der Waals surface area (Å²) in [5.74, 6) is 0. The van der Waals surface area contributed by atoms with Crippen molar-refractivity contribution in [2.45, 2.75) is 51.1 Å². The molecule has 1 aromatic rings. The first kappa shape index (κ1) is 12.6. The highest BCUT2D eigenvalue weighted by Gasteiger charge is 2.36. The maximum Gasteiger partial charge on any atom is 0.0308 e. The molecule has 2 aliphatic rings. The average molecular weight is 264 g/mol. The summed E-state index contributed by atoms with van der Waals surface area (Å²) < 4.78 is 0. The van der Waals surface area contributed by atoms with E-state index in [-0.39, 0.29) is 0 Å². The predicted octanol–water partition coefficient (Wildman–Crippen LogP) is 3.16. The van der Waals surface area contributed by atoms with E-state index in [1.165, 1.54) is 62.9 Å². The zero-order chi connectivity index (χ0) is 12.4. The van der Waals surface area contributed by atoms with E-state index < -0.39 is 0 Å². The third kappa shape index (κ3) is 2.63. The van der Waals surface area contributed by atoms with Crippen LogP contribution in [-0.4, -0.2) is 30.1 Å². The Bertz CT molecular complexity index is 393. The van der Waals surface area contributed by atoms with Crippen molar-refractivity contribution in [1.29, 1.82) is 0 Å². The second kappa shape index (κ2) is 5.32. The molecule has 18 heavy (non-hydrogen) atoms. The quantitative estimate of drug-likeness (QED) is 0.882. The van der Waals surface area contributed by atoms with Crippen LogP contribution in [0.25, 0.3) is 0 Å². The van der Waals surface area contributed by atoms with Gasteiger partial charge in [-0.05, 0) is 61.2 Å². The molecule has 1 aliphatic carbocycles. The molecule has 3 rings (SSSR count). The molecule has 2 heterocycles. The van der Waals surface area contributed by atoms with Gasteiger partial charge in [-0.15, -0.1) is 0 Å². The van der Waals surface area contributed by atoms with Crippen molar-refractivity contribution in [3.63, 3.8) is 0 Å². The minimum atomic E-state index is 0.445. The molecule has 2 nitrogen and oxygen atoms in total. The van der Waals surface area contributed by atoms with Crippen LogP contribution in [0.4, 0.5) is 0 Å². The van der Waals surface area contributed by atoms with E-state index in [1.807, 2.05) is 11.3 Å². The molecule has 1 saturated heterocycles. The molecule has 0 atom stereocenters. The van der Waals surface area contributed by atoms with Crippen molar-refractivity contribution < 1.29 is 0 Å². The van der Waals surface area contributed by atoms with Gasteiger partial charge >= 0.3 is 0 Å². The Morgan fingerprint density at radius 2 is 2.11 bits per heavy atom. The van der Waals surface area contributed by atoms with Gasteiger partial charge in [0, 0.05) is 18.6 Å². The zero-order valence-corrected chi connectivity index (χ0v) is 12.2. The molecule has 2 fully saturated rings. The Morgan fingerprint density at radius 1 is 1.28 bits per heavy atom. The summed E-state index contributed by atoms with van der Waals surface area (Å²) in [5, 5.41) is 8.44. The van der Waals surface area contributed by atoms with Crippen LogP contribution in [0, 0.1) is 6.92 Å². The van der Waals surface area contributed by atoms with Crippen LogP contribution in [-0.2, 0) is 6.54 Å². The number of aryl methyl sites for hydroxylation is 1. The molecule has 0 aromatic carbocycles. The van der Waals surface area contributed by atoms with Crippen molar-refractivity contribution in [1.82, 2.24) is 10.2 Å². The normalized spacial score (nSPS) is 24.5. The van der Waals surface area contributed by atoms with Crippen LogP contribution >= 0.6 is 11.3 Å². The molecular weight excluding hydrogens is 240 g/mol. The third-order valence-corrected chi connectivity index (χ3v) is 5.50.